The molecule has 0 radical (unpaired) electrons. The largest absolute Gasteiger partial charge is 0.493 e. The maximum Gasteiger partial charge on any atom is 0.220 e. The second kappa shape index (κ2) is 6.18. The molecule has 0 aliphatic carbocycles. The van der Waals surface area contributed by atoms with Crippen molar-refractivity contribution in [2.75, 3.05) is 5.32 Å². The Morgan fingerprint density at radius 3 is 2.65 bits per heavy atom. The molecule has 3 aromatic rings. The summed E-state index contributed by atoms with van der Waals surface area (Å²) >= 11 is 5.17. The summed E-state index contributed by atoms with van der Waals surface area (Å²) in [4.78, 5) is 0. The van der Waals surface area contributed by atoms with E-state index in [-0.39, 0.29) is 11.0 Å². The van der Waals surface area contributed by atoms with Crippen LogP contribution in [0.5, 0.6) is 5.88 Å². The molecular weight excluding hydrogens is 308 g/mol. The Morgan fingerprint density at radius 2 is 1.91 bits per heavy atom. The van der Waals surface area contributed by atoms with Gasteiger partial charge in [-0.3, -0.25) is 0 Å². The first-order valence-corrected chi connectivity index (χ1v) is 7.53. The van der Waals surface area contributed by atoms with Gasteiger partial charge in [-0.25, -0.2) is 0 Å². The minimum absolute atomic E-state index is 0.0665. The van der Waals surface area contributed by atoms with Crippen molar-refractivity contribution < 1.29 is 5.11 Å². The number of aryl methyl sites for hydroxylation is 2. The maximum absolute atomic E-state index is 10.3. The van der Waals surface area contributed by atoms with E-state index in [1.807, 2.05) is 55.5 Å². The number of thiocarbonyl (C=S) groups is 1. The lowest BCUT2D eigenvalue weighted by molar-refractivity contribution is 0.436. The van der Waals surface area contributed by atoms with Crippen molar-refractivity contribution in [2.24, 2.45) is 17.3 Å². The molecule has 2 N–H and O–H groups in total. The standard InChI is InChI=1S/C17H16N4OS/c1-11-8-9-14-13(10-11)15(16(22)21(14)2)19-20-17(23)18-12-6-4-3-5-7-12/h3-10,22H,1-2H3,(H,18,23). The van der Waals surface area contributed by atoms with Crippen LogP contribution in [0.2, 0.25) is 0 Å². The fraction of sp³-hybridized carbons (Fsp3) is 0.118. The molecule has 3 rings (SSSR count). The summed E-state index contributed by atoms with van der Waals surface area (Å²) in [5.74, 6) is 0.0665. The van der Waals surface area contributed by atoms with E-state index >= 15 is 0 Å². The molecule has 0 spiro atoms. The van der Waals surface area contributed by atoms with Gasteiger partial charge < -0.3 is 15.0 Å². The summed E-state index contributed by atoms with van der Waals surface area (Å²) in [6.07, 6.45) is 0. The van der Waals surface area contributed by atoms with E-state index in [4.69, 9.17) is 12.2 Å². The van der Waals surface area contributed by atoms with E-state index in [9.17, 15) is 5.11 Å². The second-order valence-electron chi connectivity index (χ2n) is 5.25. The lowest BCUT2D eigenvalue weighted by atomic mass is 10.1. The minimum atomic E-state index is 0.0665. The number of hydrogen-bond donors (Lipinski definition) is 2. The Labute approximate surface area is 139 Å². The average molecular weight is 324 g/mol. The molecule has 0 unspecified atom stereocenters. The van der Waals surface area contributed by atoms with Crippen LogP contribution in [0.25, 0.3) is 10.9 Å². The second-order valence-corrected chi connectivity index (χ2v) is 5.63. The van der Waals surface area contributed by atoms with Gasteiger partial charge in [0.25, 0.3) is 0 Å². The van der Waals surface area contributed by atoms with Gasteiger partial charge in [0.2, 0.25) is 11.0 Å². The van der Waals surface area contributed by atoms with E-state index in [0.717, 1.165) is 22.2 Å². The molecule has 116 valence electrons. The number of benzene rings is 2. The number of nitrogens with one attached hydrogen (secondary N) is 1. The molecule has 1 heterocycles. The van der Waals surface area contributed by atoms with Gasteiger partial charge in [0.1, 0.15) is 0 Å². The Morgan fingerprint density at radius 1 is 1.17 bits per heavy atom. The van der Waals surface area contributed by atoms with Crippen LogP contribution in [0.15, 0.2) is 58.8 Å². The molecule has 1 aromatic heterocycles. The first-order valence-electron chi connectivity index (χ1n) is 7.12. The predicted molar refractivity (Wildman–Crippen MR) is 96.5 cm³/mol. The number of hydrogen-bond acceptors (Lipinski definition) is 3. The summed E-state index contributed by atoms with van der Waals surface area (Å²) in [6, 6.07) is 15.4. The van der Waals surface area contributed by atoms with E-state index in [1.165, 1.54) is 0 Å². The normalized spacial score (nSPS) is 11.2. The van der Waals surface area contributed by atoms with Crippen molar-refractivity contribution in [1.82, 2.24) is 4.57 Å². The lowest BCUT2D eigenvalue weighted by Crippen LogP contribution is -2.04. The van der Waals surface area contributed by atoms with E-state index in [1.54, 1.807) is 11.6 Å². The van der Waals surface area contributed by atoms with Gasteiger partial charge in [-0.05, 0) is 43.4 Å². The molecular formula is C17H16N4OS. The van der Waals surface area contributed by atoms with Crippen LogP contribution in [-0.2, 0) is 7.05 Å². The molecule has 0 fully saturated rings. The number of fused-ring (bicyclic) bond motifs is 1. The average Bonchev–Trinajstić information content (AvgIpc) is 2.77. The van der Waals surface area contributed by atoms with Gasteiger partial charge in [0, 0.05) is 18.1 Å². The Kier molecular flexibility index (Phi) is 4.08. The molecule has 23 heavy (non-hydrogen) atoms. The first-order chi connectivity index (χ1) is 11.1. The van der Waals surface area contributed by atoms with Gasteiger partial charge in [0.05, 0.1) is 5.52 Å². The third-order valence-corrected chi connectivity index (χ3v) is 3.75. The third kappa shape index (κ3) is 3.07. The highest BCUT2D eigenvalue weighted by Crippen LogP contribution is 2.38. The van der Waals surface area contributed by atoms with Crippen LogP contribution in [0, 0.1) is 6.92 Å². The molecule has 0 aliphatic heterocycles. The highest BCUT2D eigenvalue weighted by Gasteiger charge is 2.14. The van der Waals surface area contributed by atoms with Crippen LogP contribution in [0.1, 0.15) is 5.56 Å². The summed E-state index contributed by atoms with van der Waals surface area (Å²) in [5, 5.41) is 22.5. The van der Waals surface area contributed by atoms with Gasteiger partial charge in [-0.15, -0.1) is 10.2 Å². The van der Waals surface area contributed by atoms with Crippen molar-refractivity contribution in [2.45, 2.75) is 6.92 Å². The zero-order chi connectivity index (χ0) is 16.4. The topological polar surface area (TPSA) is 61.9 Å². The molecule has 0 saturated heterocycles. The summed E-state index contributed by atoms with van der Waals surface area (Å²) in [7, 11) is 1.78. The quantitative estimate of drug-likeness (QED) is 0.532. The molecule has 0 saturated carbocycles. The minimum Gasteiger partial charge on any atom is -0.493 e. The van der Waals surface area contributed by atoms with Crippen LogP contribution >= 0.6 is 12.2 Å². The smallest absolute Gasteiger partial charge is 0.220 e. The molecule has 0 bridgehead atoms. The number of aromatic hydroxyl groups is 1. The van der Waals surface area contributed by atoms with Crippen molar-refractivity contribution in [3.05, 3.63) is 54.1 Å². The number of rotatable bonds is 2. The lowest BCUT2D eigenvalue weighted by Gasteiger charge is -2.01. The number of anilines is 1. The number of para-hydroxylation sites is 1. The van der Waals surface area contributed by atoms with Crippen LogP contribution in [0.4, 0.5) is 11.4 Å². The molecule has 0 aliphatic rings. The zero-order valence-electron chi connectivity index (χ0n) is 12.8. The number of azo groups is 1. The van der Waals surface area contributed by atoms with Crippen molar-refractivity contribution in [3.63, 3.8) is 0 Å². The fourth-order valence-electron chi connectivity index (χ4n) is 2.39. The van der Waals surface area contributed by atoms with Crippen molar-refractivity contribution in [1.29, 1.82) is 0 Å². The van der Waals surface area contributed by atoms with E-state index in [0.29, 0.717) is 5.69 Å². The summed E-state index contributed by atoms with van der Waals surface area (Å²) < 4.78 is 1.68. The maximum atomic E-state index is 10.3. The SMILES string of the molecule is Cc1ccc2c(c1)c(N=NC(=S)Nc1ccccc1)c(O)n2C. The Bertz CT molecular complexity index is 900. The van der Waals surface area contributed by atoms with Crippen LogP contribution < -0.4 is 5.32 Å². The van der Waals surface area contributed by atoms with Crippen LogP contribution in [0.3, 0.4) is 0 Å². The third-order valence-electron chi connectivity index (χ3n) is 3.56. The van der Waals surface area contributed by atoms with Gasteiger partial charge in [-0.1, -0.05) is 29.8 Å². The molecule has 5 nitrogen and oxygen atoms in total. The van der Waals surface area contributed by atoms with Gasteiger partial charge in [0.15, 0.2) is 5.69 Å². The van der Waals surface area contributed by atoms with E-state index in [2.05, 4.69) is 15.5 Å². The predicted octanol–water partition coefficient (Wildman–Crippen LogP) is 4.67. The highest BCUT2D eigenvalue weighted by molar-refractivity contribution is 7.80. The molecule has 0 atom stereocenters. The van der Waals surface area contributed by atoms with Gasteiger partial charge >= 0.3 is 0 Å². The molecule has 2 aromatic carbocycles. The summed E-state index contributed by atoms with van der Waals surface area (Å²) in [6.45, 7) is 1.99. The van der Waals surface area contributed by atoms with E-state index < -0.39 is 0 Å². The summed E-state index contributed by atoms with van der Waals surface area (Å²) in [5.41, 5.74) is 3.24. The Balaban J connectivity index is 1.90. The highest BCUT2D eigenvalue weighted by atomic mass is 32.1. The zero-order valence-corrected chi connectivity index (χ0v) is 13.6. The van der Waals surface area contributed by atoms with Crippen molar-refractivity contribution >= 4 is 39.6 Å². The van der Waals surface area contributed by atoms with Gasteiger partial charge in [-0.2, -0.15) is 0 Å². The molecule has 6 heteroatoms. The van der Waals surface area contributed by atoms with Crippen molar-refractivity contribution in [3.8, 4) is 5.88 Å². The number of nitrogens with zero attached hydrogens (tertiary/aromatic N) is 3. The molecule has 0 amide bonds. The fourth-order valence-corrected chi connectivity index (χ4v) is 2.55. The Hall–Kier alpha value is -2.73. The monoisotopic (exact) mass is 324 g/mol. The number of aromatic nitrogens is 1. The first kappa shape index (κ1) is 15.2. The van der Waals surface area contributed by atoms with Crippen LogP contribution in [-0.4, -0.2) is 14.8 Å².